The van der Waals surface area contributed by atoms with Crippen molar-refractivity contribution in [1.29, 1.82) is 0 Å². The highest BCUT2D eigenvalue weighted by atomic mass is 16.6. The summed E-state index contributed by atoms with van der Waals surface area (Å²) in [4.78, 5) is 23.9. The number of carbonyl (C=O) groups is 2. The van der Waals surface area contributed by atoms with Gasteiger partial charge in [-0.3, -0.25) is 4.90 Å². The fourth-order valence-electron chi connectivity index (χ4n) is 1.39. The first-order valence-corrected chi connectivity index (χ1v) is 5.24. The molecule has 0 aromatic heterocycles. The van der Waals surface area contributed by atoms with Gasteiger partial charge in [-0.25, -0.2) is 9.59 Å². The fraction of sp³-hybridized carbons (Fsp3) is 0.636. The summed E-state index contributed by atoms with van der Waals surface area (Å²) < 4.78 is 4.85. The molecule has 1 amide bonds. The zero-order valence-corrected chi connectivity index (χ0v) is 9.97. The molecule has 16 heavy (non-hydrogen) atoms. The first kappa shape index (κ1) is 14.5. The molecule has 0 saturated heterocycles. The Balaban J connectivity index is 4.76. The number of amides is 1. The maximum atomic E-state index is 11.6. The van der Waals surface area contributed by atoms with Gasteiger partial charge in [0.05, 0.1) is 0 Å². The van der Waals surface area contributed by atoms with Gasteiger partial charge in [-0.2, -0.15) is 0 Å². The van der Waals surface area contributed by atoms with Crippen molar-refractivity contribution in [2.24, 2.45) is 0 Å². The molecule has 1 unspecified atom stereocenters. The van der Waals surface area contributed by atoms with Crippen molar-refractivity contribution >= 4 is 12.1 Å². The van der Waals surface area contributed by atoms with Crippen LogP contribution in [0.4, 0.5) is 4.79 Å². The highest BCUT2D eigenvalue weighted by Gasteiger charge is 2.31. The number of hydrogen-bond donors (Lipinski definition) is 1. The molecule has 0 heterocycles. The zero-order chi connectivity index (χ0) is 12.7. The van der Waals surface area contributed by atoms with Gasteiger partial charge in [-0.05, 0) is 20.3 Å². The molecule has 1 atom stereocenters. The third-order valence-electron chi connectivity index (χ3n) is 2.10. The van der Waals surface area contributed by atoms with Crippen molar-refractivity contribution in [2.75, 3.05) is 6.61 Å². The Morgan fingerprint density at radius 2 is 2.06 bits per heavy atom. The van der Waals surface area contributed by atoms with E-state index < -0.39 is 18.1 Å². The summed E-state index contributed by atoms with van der Waals surface area (Å²) in [5, 5.41) is 9.00. The second-order valence-corrected chi connectivity index (χ2v) is 3.63. The molecular weight excluding hydrogens is 210 g/mol. The lowest BCUT2D eigenvalue weighted by Gasteiger charge is -2.30. The van der Waals surface area contributed by atoms with Gasteiger partial charge in [0.25, 0.3) is 0 Å². The minimum absolute atomic E-state index is 0.0815. The molecule has 0 aromatic carbocycles. The van der Waals surface area contributed by atoms with Crippen LogP contribution in [0.2, 0.25) is 0 Å². The number of carboxylic acid groups (broad SMARTS) is 1. The van der Waals surface area contributed by atoms with Gasteiger partial charge in [0.2, 0.25) is 0 Å². The predicted molar refractivity (Wildman–Crippen MR) is 60.2 cm³/mol. The molecule has 0 aliphatic heterocycles. The molecule has 92 valence electrons. The minimum atomic E-state index is -1.02. The van der Waals surface area contributed by atoms with Crippen LogP contribution in [-0.4, -0.2) is 40.8 Å². The van der Waals surface area contributed by atoms with Crippen LogP contribution in [0.15, 0.2) is 12.7 Å². The average molecular weight is 229 g/mol. The molecule has 5 heteroatoms. The smallest absolute Gasteiger partial charge is 0.411 e. The van der Waals surface area contributed by atoms with E-state index in [2.05, 4.69) is 6.58 Å². The highest BCUT2D eigenvalue weighted by Crippen LogP contribution is 2.11. The third kappa shape index (κ3) is 3.92. The molecule has 1 N–H and O–H groups in total. The third-order valence-corrected chi connectivity index (χ3v) is 2.10. The summed E-state index contributed by atoms with van der Waals surface area (Å²) in [5.74, 6) is -1.02. The van der Waals surface area contributed by atoms with Crippen LogP contribution in [0.3, 0.4) is 0 Å². The van der Waals surface area contributed by atoms with Gasteiger partial charge < -0.3 is 9.84 Å². The Hall–Kier alpha value is -1.52. The lowest BCUT2D eigenvalue weighted by molar-refractivity contribution is -0.143. The van der Waals surface area contributed by atoms with Crippen molar-refractivity contribution in [2.45, 2.75) is 39.3 Å². The van der Waals surface area contributed by atoms with Crippen molar-refractivity contribution in [3.8, 4) is 0 Å². The Morgan fingerprint density at radius 3 is 2.38 bits per heavy atom. The number of carboxylic acids is 1. The number of ether oxygens (including phenoxy) is 1. The van der Waals surface area contributed by atoms with Gasteiger partial charge >= 0.3 is 12.1 Å². The zero-order valence-electron chi connectivity index (χ0n) is 9.97. The van der Waals surface area contributed by atoms with Crippen LogP contribution < -0.4 is 0 Å². The van der Waals surface area contributed by atoms with E-state index in [9.17, 15) is 9.59 Å². The fourth-order valence-corrected chi connectivity index (χ4v) is 1.39. The van der Waals surface area contributed by atoms with Crippen molar-refractivity contribution in [3.05, 3.63) is 12.7 Å². The van der Waals surface area contributed by atoms with E-state index in [1.54, 1.807) is 20.8 Å². The quantitative estimate of drug-likeness (QED) is 0.706. The van der Waals surface area contributed by atoms with Gasteiger partial charge in [0.1, 0.15) is 12.6 Å². The second kappa shape index (κ2) is 6.87. The number of rotatable bonds is 6. The molecule has 0 aliphatic carbocycles. The predicted octanol–water partition coefficient (Wildman–Crippen LogP) is 1.88. The topological polar surface area (TPSA) is 66.8 Å². The highest BCUT2D eigenvalue weighted by molar-refractivity contribution is 5.80. The van der Waals surface area contributed by atoms with E-state index in [1.165, 1.54) is 11.0 Å². The summed E-state index contributed by atoms with van der Waals surface area (Å²) in [7, 11) is 0. The second-order valence-electron chi connectivity index (χ2n) is 3.63. The molecule has 0 bridgehead atoms. The number of carbonyl (C=O) groups excluding carboxylic acids is 1. The van der Waals surface area contributed by atoms with E-state index in [4.69, 9.17) is 9.84 Å². The summed E-state index contributed by atoms with van der Waals surface area (Å²) in [6, 6.07) is -1.07. The summed E-state index contributed by atoms with van der Waals surface area (Å²) in [6.07, 6.45) is 1.17. The van der Waals surface area contributed by atoms with Crippen LogP contribution in [0.25, 0.3) is 0 Å². The van der Waals surface area contributed by atoms with Crippen LogP contribution >= 0.6 is 0 Å². The minimum Gasteiger partial charge on any atom is -0.480 e. The lowest BCUT2D eigenvalue weighted by atomic mass is 10.1. The first-order valence-electron chi connectivity index (χ1n) is 5.24. The van der Waals surface area contributed by atoms with E-state index in [0.29, 0.717) is 6.42 Å². The van der Waals surface area contributed by atoms with E-state index in [1.807, 2.05) is 0 Å². The van der Waals surface area contributed by atoms with Gasteiger partial charge in [0.15, 0.2) is 0 Å². The van der Waals surface area contributed by atoms with Gasteiger partial charge in [-0.1, -0.05) is 19.6 Å². The van der Waals surface area contributed by atoms with Crippen LogP contribution in [0, 0.1) is 0 Å². The summed E-state index contributed by atoms with van der Waals surface area (Å²) >= 11 is 0. The van der Waals surface area contributed by atoms with Crippen molar-refractivity contribution < 1.29 is 19.4 Å². The Bertz CT molecular complexity index is 263. The van der Waals surface area contributed by atoms with Crippen LogP contribution in [0.1, 0.15) is 27.2 Å². The molecule has 0 aliphatic rings. The molecule has 0 aromatic rings. The first-order chi connectivity index (χ1) is 7.45. The van der Waals surface area contributed by atoms with Gasteiger partial charge in [-0.15, -0.1) is 0 Å². The molecule has 0 rings (SSSR count). The van der Waals surface area contributed by atoms with Crippen molar-refractivity contribution in [1.82, 2.24) is 4.90 Å². The standard InChI is InChI=1S/C11H19NO4/c1-5-7-16-11(15)12(8(3)4)9(6-2)10(13)14/h5,8-9H,1,6-7H2,2-4H3,(H,13,14). The lowest BCUT2D eigenvalue weighted by Crippen LogP contribution is -2.48. The number of nitrogens with zero attached hydrogens (tertiary/aromatic N) is 1. The van der Waals surface area contributed by atoms with Crippen LogP contribution in [-0.2, 0) is 9.53 Å². The largest absolute Gasteiger partial charge is 0.480 e. The maximum Gasteiger partial charge on any atom is 0.411 e. The number of aliphatic carboxylic acids is 1. The molecule has 0 fully saturated rings. The summed E-state index contributed by atoms with van der Waals surface area (Å²) in [6.45, 7) is 8.73. The Kier molecular flexibility index (Phi) is 6.22. The average Bonchev–Trinajstić information content (AvgIpc) is 2.21. The summed E-state index contributed by atoms with van der Waals surface area (Å²) in [5.41, 5.74) is 0. The molecule has 0 saturated carbocycles. The number of hydrogen-bond acceptors (Lipinski definition) is 3. The normalized spacial score (nSPS) is 12.0. The molecule has 5 nitrogen and oxygen atoms in total. The van der Waals surface area contributed by atoms with E-state index >= 15 is 0 Å². The molecule has 0 spiro atoms. The maximum absolute atomic E-state index is 11.6. The molecule has 0 radical (unpaired) electrons. The van der Waals surface area contributed by atoms with E-state index in [0.717, 1.165) is 0 Å². The SMILES string of the molecule is C=CCOC(=O)N(C(C)C)C(CC)C(=O)O. The van der Waals surface area contributed by atoms with E-state index in [-0.39, 0.29) is 12.6 Å². The van der Waals surface area contributed by atoms with Crippen LogP contribution in [0.5, 0.6) is 0 Å². The monoisotopic (exact) mass is 229 g/mol. The van der Waals surface area contributed by atoms with Gasteiger partial charge in [0, 0.05) is 6.04 Å². The Labute approximate surface area is 95.7 Å². The van der Waals surface area contributed by atoms with Crippen molar-refractivity contribution in [3.63, 3.8) is 0 Å². The Morgan fingerprint density at radius 1 is 1.50 bits per heavy atom. The molecular formula is C11H19NO4.